The van der Waals surface area contributed by atoms with Crippen LogP contribution in [0.3, 0.4) is 0 Å². The predicted molar refractivity (Wildman–Crippen MR) is 87.2 cm³/mol. The van der Waals surface area contributed by atoms with Crippen LogP contribution in [0.5, 0.6) is 0 Å². The highest BCUT2D eigenvalue weighted by molar-refractivity contribution is 9.10. The van der Waals surface area contributed by atoms with Crippen LogP contribution >= 0.6 is 59.4 Å². The van der Waals surface area contributed by atoms with E-state index in [9.17, 15) is 4.79 Å². The van der Waals surface area contributed by atoms with Gasteiger partial charge in [-0.2, -0.15) is 0 Å². The minimum atomic E-state index is -0.282. The van der Waals surface area contributed by atoms with E-state index in [1.807, 2.05) is 6.92 Å². The van der Waals surface area contributed by atoms with Gasteiger partial charge in [0.15, 0.2) is 0 Å². The van der Waals surface area contributed by atoms with E-state index in [-0.39, 0.29) is 11.4 Å². The molecule has 0 aliphatic carbocycles. The summed E-state index contributed by atoms with van der Waals surface area (Å²) in [4.78, 5) is 12.2. The Morgan fingerprint density at radius 2 is 2.00 bits per heavy atom. The second-order valence-corrected chi connectivity index (χ2v) is 6.39. The second kappa shape index (κ2) is 7.27. The van der Waals surface area contributed by atoms with E-state index in [0.29, 0.717) is 25.7 Å². The van der Waals surface area contributed by atoms with Crippen LogP contribution in [0.2, 0.25) is 5.02 Å². The van der Waals surface area contributed by atoms with Gasteiger partial charge in [0.25, 0.3) is 5.91 Å². The molecule has 0 aliphatic heterocycles. The van der Waals surface area contributed by atoms with Gasteiger partial charge in [0.05, 0.1) is 11.1 Å². The van der Waals surface area contributed by atoms with E-state index in [1.54, 1.807) is 18.2 Å². The van der Waals surface area contributed by atoms with Gasteiger partial charge in [0.2, 0.25) is 0 Å². The van der Waals surface area contributed by atoms with Gasteiger partial charge in [-0.15, -0.1) is 0 Å². The maximum absolute atomic E-state index is 12.2. The molecule has 0 aliphatic rings. The molecule has 0 saturated heterocycles. The van der Waals surface area contributed by atoms with Gasteiger partial charge in [-0.05, 0) is 40.5 Å². The lowest BCUT2D eigenvalue weighted by molar-refractivity contribution is 0.0914. The Hall–Kier alpha value is 0.420. The molecule has 1 rings (SSSR count). The number of alkyl halides is 2. The van der Waals surface area contributed by atoms with Gasteiger partial charge >= 0.3 is 0 Å². The number of hydrogen-bond donors (Lipinski definition) is 1. The van der Waals surface area contributed by atoms with E-state index in [1.165, 1.54) is 0 Å². The molecule has 0 saturated carbocycles. The Morgan fingerprint density at radius 3 is 2.44 bits per heavy atom. The van der Waals surface area contributed by atoms with Gasteiger partial charge in [-0.1, -0.05) is 50.4 Å². The molecule has 1 aromatic rings. The molecule has 0 bridgehead atoms. The van der Waals surface area contributed by atoms with Crippen LogP contribution in [0.15, 0.2) is 22.7 Å². The number of halogens is 4. The molecule has 18 heavy (non-hydrogen) atoms. The van der Waals surface area contributed by atoms with Gasteiger partial charge in [0.1, 0.15) is 0 Å². The third-order valence-corrected chi connectivity index (χ3v) is 5.78. The lowest BCUT2D eigenvalue weighted by Crippen LogP contribution is -2.51. The monoisotopic (exact) mass is 459 g/mol. The molecular weight excluding hydrogens is 449 g/mol. The summed E-state index contributed by atoms with van der Waals surface area (Å²) in [5.74, 6) is -0.112. The number of rotatable bonds is 5. The Morgan fingerprint density at radius 1 is 1.39 bits per heavy atom. The largest absolute Gasteiger partial charge is 0.345 e. The zero-order valence-electron chi connectivity index (χ0n) is 9.77. The van der Waals surface area contributed by atoms with Crippen LogP contribution in [0.25, 0.3) is 0 Å². The van der Waals surface area contributed by atoms with Crippen molar-refractivity contribution in [1.29, 1.82) is 0 Å². The van der Waals surface area contributed by atoms with Crippen molar-refractivity contribution in [2.24, 2.45) is 0 Å². The van der Waals surface area contributed by atoms with Crippen molar-refractivity contribution in [3.05, 3.63) is 33.3 Å². The Bertz CT molecular complexity index is 427. The number of amides is 1. The first-order chi connectivity index (χ1) is 8.48. The standard InChI is InChI=1S/C12H13Br3ClNO/c1-2-12(6-13,7-14)17-11(18)9-4-3-8(16)5-10(9)15/h3-5H,2,6-7H2,1H3,(H,17,18). The summed E-state index contributed by atoms with van der Waals surface area (Å²) >= 11 is 16.1. The number of nitrogens with one attached hydrogen (secondary N) is 1. The fourth-order valence-corrected chi connectivity index (χ4v) is 4.23. The minimum absolute atomic E-state index is 0.112. The van der Waals surface area contributed by atoms with Crippen molar-refractivity contribution in [3.63, 3.8) is 0 Å². The molecule has 2 nitrogen and oxygen atoms in total. The average Bonchev–Trinajstić information content (AvgIpc) is 2.36. The van der Waals surface area contributed by atoms with E-state index in [4.69, 9.17) is 11.6 Å². The molecule has 0 heterocycles. The summed E-state index contributed by atoms with van der Waals surface area (Å²) < 4.78 is 0.696. The van der Waals surface area contributed by atoms with Gasteiger partial charge in [-0.3, -0.25) is 4.79 Å². The van der Waals surface area contributed by atoms with Crippen LogP contribution in [0, 0.1) is 0 Å². The van der Waals surface area contributed by atoms with Crippen LogP contribution in [-0.4, -0.2) is 22.1 Å². The summed E-state index contributed by atoms with van der Waals surface area (Å²) in [5.41, 5.74) is 0.301. The smallest absolute Gasteiger partial charge is 0.252 e. The van der Waals surface area contributed by atoms with E-state index >= 15 is 0 Å². The summed E-state index contributed by atoms with van der Waals surface area (Å²) in [6, 6.07) is 5.13. The topological polar surface area (TPSA) is 29.1 Å². The number of benzene rings is 1. The predicted octanol–water partition coefficient (Wildman–Crippen LogP) is 4.77. The molecule has 6 heteroatoms. The lowest BCUT2D eigenvalue weighted by atomic mass is 10.0. The summed E-state index contributed by atoms with van der Waals surface area (Å²) in [5, 5.41) is 5.03. The molecule has 0 spiro atoms. The Labute approximate surface area is 137 Å². The molecule has 1 aromatic carbocycles. The highest BCUT2D eigenvalue weighted by atomic mass is 79.9. The first kappa shape index (κ1) is 16.5. The average molecular weight is 462 g/mol. The Kier molecular flexibility index (Phi) is 6.65. The van der Waals surface area contributed by atoms with Crippen molar-refractivity contribution in [2.75, 3.05) is 10.7 Å². The maximum atomic E-state index is 12.2. The maximum Gasteiger partial charge on any atom is 0.252 e. The van der Waals surface area contributed by atoms with Crippen molar-refractivity contribution in [2.45, 2.75) is 18.9 Å². The van der Waals surface area contributed by atoms with Gasteiger partial charge in [-0.25, -0.2) is 0 Å². The zero-order valence-corrected chi connectivity index (χ0v) is 15.3. The third-order valence-electron chi connectivity index (χ3n) is 2.74. The SMILES string of the molecule is CCC(CBr)(CBr)NC(=O)c1ccc(Cl)cc1Br. The minimum Gasteiger partial charge on any atom is -0.345 e. The first-order valence-corrected chi connectivity index (χ1v) is 8.79. The number of hydrogen-bond acceptors (Lipinski definition) is 1. The quantitative estimate of drug-likeness (QED) is 0.628. The molecule has 0 fully saturated rings. The summed E-state index contributed by atoms with van der Waals surface area (Å²) in [7, 11) is 0. The van der Waals surface area contributed by atoms with Crippen LogP contribution in [-0.2, 0) is 0 Å². The molecule has 0 atom stereocenters. The molecular formula is C12H13Br3ClNO. The van der Waals surface area contributed by atoms with Crippen LogP contribution in [0.4, 0.5) is 0 Å². The number of carbonyl (C=O) groups is 1. The van der Waals surface area contributed by atoms with E-state index in [2.05, 4.69) is 53.1 Å². The highest BCUT2D eigenvalue weighted by Gasteiger charge is 2.28. The van der Waals surface area contributed by atoms with Gasteiger partial charge < -0.3 is 5.32 Å². The van der Waals surface area contributed by atoms with Crippen molar-refractivity contribution in [1.82, 2.24) is 5.32 Å². The highest BCUT2D eigenvalue weighted by Crippen LogP contribution is 2.23. The molecule has 0 unspecified atom stereocenters. The molecule has 0 aromatic heterocycles. The Balaban J connectivity index is 2.94. The normalized spacial score (nSPS) is 11.4. The second-order valence-electron chi connectivity index (χ2n) is 3.98. The molecule has 1 amide bonds. The first-order valence-electron chi connectivity index (χ1n) is 5.37. The van der Waals surface area contributed by atoms with Gasteiger partial charge in [0, 0.05) is 20.2 Å². The summed E-state index contributed by atoms with van der Waals surface area (Å²) in [6.07, 6.45) is 0.834. The fourth-order valence-electron chi connectivity index (χ4n) is 1.36. The summed E-state index contributed by atoms with van der Waals surface area (Å²) in [6.45, 7) is 2.04. The number of carbonyl (C=O) groups excluding carboxylic acids is 1. The molecule has 1 N–H and O–H groups in total. The van der Waals surface area contributed by atoms with E-state index in [0.717, 1.165) is 6.42 Å². The van der Waals surface area contributed by atoms with Crippen molar-refractivity contribution < 1.29 is 4.79 Å². The zero-order chi connectivity index (χ0) is 13.8. The third kappa shape index (κ3) is 3.95. The van der Waals surface area contributed by atoms with Crippen molar-refractivity contribution >= 4 is 65.3 Å². The molecule has 100 valence electrons. The van der Waals surface area contributed by atoms with Crippen LogP contribution < -0.4 is 5.32 Å². The lowest BCUT2D eigenvalue weighted by Gasteiger charge is -2.30. The van der Waals surface area contributed by atoms with Crippen LogP contribution in [0.1, 0.15) is 23.7 Å². The van der Waals surface area contributed by atoms with Crippen molar-refractivity contribution in [3.8, 4) is 0 Å². The van der Waals surface area contributed by atoms with E-state index < -0.39 is 0 Å². The fraction of sp³-hybridized carbons (Fsp3) is 0.417. The molecule has 0 radical (unpaired) electrons.